The molecule has 394 valence electrons. The Kier molecular flexibility index (Phi) is 408. The first kappa shape index (κ1) is 130. The molecule has 0 spiro atoms. The van der Waals surface area contributed by atoms with Gasteiger partial charge in [0.25, 0.3) is 0 Å². The van der Waals surface area contributed by atoms with Crippen LogP contribution in [0.15, 0.2) is 30.3 Å². The molecule has 0 radical (unpaired) electrons. The number of ether oxygens (including phenoxy) is 1. The normalized spacial score (nSPS) is 7.65. The van der Waals surface area contributed by atoms with Crippen LogP contribution in [0.3, 0.4) is 0 Å². The monoisotopic (exact) mass is 930 g/mol. The van der Waals surface area contributed by atoms with Gasteiger partial charge in [-0.1, -0.05) is 78.3 Å². The van der Waals surface area contributed by atoms with Crippen LogP contribution in [0.2, 0.25) is 0 Å². The van der Waals surface area contributed by atoms with E-state index in [-0.39, 0.29) is 42.2 Å². The third-order valence-corrected chi connectivity index (χ3v) is 4.45. The predicted octanol–water partition coefficient (Wildman–Crippen LogP) is 6.02. The lowest BCUT2D eigenvalue weighted by molar-refractivity contribution is -0.129. The first-order valence-corrected chi connectivity index (χ1v) is 18.5. The van der Waals surface area contributed by atoms with Crippen molar-refractivity contribution in [1.82, 2.24) is 29.5 Å². The van der Waals surface area contributed by atoms with Crippen molar-refractivity contribution in [3.63, 3.8) is 0 Å². The summed E-state index contributed by atoms with van der Waals surface area (Å²) < 4.78 is 5.23. The van der Waals surface area contributed by atoms with Crippen LogP contribution in [-0.4, -0.2) is 130 Å². The zero-order valence-corrected chi connectivity index (χ0v) is 44.0. The lowest BCUT2D eigenvalue weighted by Crippen LogP contribution is -2.33. The topological polar surface area (TPSA) is 430 Å². The fourth-order valence-corrected chi connectivity index (χ4v) is 2.36. The third kappa shape index (κ3) is 319. The van der Waals surface area contributed by atoms with Gasteiger partial charge in [0.2, 0.25) is 5.91 Å². The number of aliphatic hydroxyl groups excluding tert-OH is 1. The molecule has 63 heavy (non-hydrogen) atoms. The molecule has 1 aliphatic heterocycles. The largest absolute Gasteiger partial charge is 0.394 e. The minimum atomic E-state index is -0.167. The number of aryl methyl sites for hydroxylation is 1. The Labute approximate surface area is 388 Å². The Morgan fingerprint density at radius 3 is 0.921 bits per heavy atom. The highest BCUT2D eigenvalue weighted by Gasteiger charge is 2.11. The highest BCUT2D eigenvalue weighted by molar-refractivity contribution is 5.73. The van der Waals surface area contributed by atoms with E-state index in [9.17, 15) is 4.79 Å². The molecule has 20 nitrogen and oxygen atoms in total. The number of amides is 1. The number of hydrogen-bond donors (Lipinski definition) is 9. The second-order valence-corrected chi connectivity index (χ2v) is 9.85. The number of aliphatic hydroxyl groups is 1. The molecule has 0 unspecified atom stereocenters. The summed E-state index contributed by atoms with van der Waals surface area (Å²) in [4.78, 5) is 76.6. The molecule has 1 amide bonds. The van der Waals surface area contributed by atoms with Gasteiger partial charge in [-0.3, -0.25) is 4.79 Å². The molecule has 0 aromatic heterocycles. The van der Waals surface area contributed by atoms with Crippen LogP contribution in [0.4, 0.5) is 0 Å². The molecular weight excluding hydrogens is 819 g/mol. The summed E-state index contributed by atoms with van der Waals surface area (Å²) in [6, 6.07) is 10.5. The van der Waals surface area contributed by atoms with Crippen molar-refractivity contribution in [3.8, 4) is 0 Å². The summed E-state index contributed by atoms with van der Waals surface area (Å²) in [6.45, 7) is 44.8. The fourth-order valence-electron chi connectivity index (χ4n) is 2.36. The van der Waals surface area contributed by atoms with Gasteiger partial charge in [0.15, 0.2) is 0 Å². The molecule has 1 aromatic carbocycles. The summed E-state index contributed by atoms with van der Waals surface area (Å²) in [6.07, 6.45) is 5.96. The number of piperidine rings is 1. The molecule has 1 fully saturated rings. The van der Waals surface area contributed by atoms with Crippen molar-refractivity contribution in [2.75, 3.05) is 47.9 Å². The first-order valence-electron chi connectivity index (χ1n) is 18.5. The van der Waals surface area contributed by atoms with Crippen LogP contribution in [0.25, 0.3) is 0 Å². The van der Waals surface area contributed by atoms with E-state index in [1.54, 1.807) is 20.8 Å². The minimum Gasteiger partial charge on any atom is -0.394 e. The maximum Gasteiger partial charge on any atom is 0.219 e. The minimum absolute atomic E-state index is 0. The number of carbonyl (C=O) groups excluding carboxylic acids is 9. The zero-order valence-electron chi connectivity index (χ0n) is 44.0. The van der Waals surface area contributed by atoms with Crippen molar-refractivity contribution in [2.24, 2.45) is 28.9 Å². The third-order valence-electron chi connectivity index (χ3n) is 4.45. The number of nitrogens with two attached hydrogens (primary N) is 4. The van der Waals surface area contributed by atoms with E-state index in [1.165, 1.54) is 59.4 Å². The molecular formula is C43H111N9O11. The van der Waals surface area contributed by atoms with E-state index in [0.717, 1.165) is 32.0 Å². The molecule has 0 aliphatic carbocycles. The van der Waals surface area contributed by atoms with Crippen LogP contribution in [0, 0.1) is 5.92 Å². The second-order valence-electron chi connectivity index (χ2n) is 9.85. The maximum absolute atomic E-state index is 10.7. The maximum atomic E-state index is 10.7. The van der Waals surface area contributed by atoms with Crippen LogP contribution in [0.1, 0.15) is 121 Å². The summed E-state index contributed by atoms with van der Waals surface area (Å²) in [5.74, 6) is 1.12. The van der Waals surface area contributed by atoms with Crippen LogP contribution < -0.4 is 47.5 Å². The quantitative estimate of drug-likeness (QED) is 0.167. The fraction of sp³-hybridized carbons (Fsp3) is 0.651. The van der Waals surface area contributed by atoms with E-state index in [0.29, 0.717) is 0 Å². The summed E-state index contributed by atoms with van der Waals surface area (Å²) in [7, 11) is 6.00. The smallest absolute Gasteiger partial charge is 0.219 e. The molecule has 2 rings (SSSR count). The van der Waals surface area contributed by atoms with Gasteiger partial charge in [-0.05, 0) is 107 Å². The van der Waals surface area contributed by atoms with E-state index in [1.807, 2.05) is 86.1 Å². The van der Waals surface area contributed by atoms with Gasteiger partial charge < -0.3 is 101 Å². The molecule has 0 atom stereocenters. The number of carbonyl (C=O) groups is 9. The molecule has 1 aliphatic rings. The number of benzene rings is 1. The van der Waals surface area contributed by atoms with E-state index < -0.39 is 0 Å². The lowest BCUT2D eigenvalue weighted by Gasteiger charge is -2.24. The average molecular weight is 930 g/mol. The van der Waals surface area contributed by atoms with Crippen molar-refractivity contribution >= 4 is 60.2 Å². The Morgan fingerprint density at radius 2 is 0.825 bits per heavy atom. The van der Waals surface area contributed by atoms with Gasteiger partial charge in [0.1, 0.15) is 54.3 Å². The van der Waals surface area contributed by atoms with Gasteiger partial charge in [-0.15, -0.1) is 0 Å². The molecule has 0 bridgehead atoms. The Balaban J connectivity index is -0.0000000180. The predicted molar refractivity (Wildman–Crippen MR) is 275 cm³/mol. The van der Waals surface area contributed by atoms with Gasteiger partial charge in [0, 0.05) is 32.7 Å². The van der Waals surface area contributed by atoms with Gasteiger partial charge in [-0.25, -0.2) is 0 Å². The molecule has 1 aromatic rings. The zero-order chi connectivity index (χ0) is 52.3. The van der Waals surface area contributed by atoms with Gasteiger partial charge in [0.05, 0.1) is 5.60 Å². The van der Waals surface area contributed by atoms with Crippen LogP contribution >= 0.6 is 0 Å². The van der Waals surface area contributed by atoms with Crippen molar-refractivity contribution in [3.05, 3.63) is 35.9 Å². The van der Waals surface area contributed by atoms with Crippen LogP contribution in [0.5, 0.6) is 0 Å². The number of rotatable bonds is 3. The number of likely N-dealkylation sites (tertiary alicyclic amines) is 1. The summed E-state index contributed by atoms with van der Waals surface area (Å²) in [5.41, 5.74) is 19.5. The van der Waals surface area contributed by atoms with E-state index >= 15 is 0 Å². The Bertz CT molecular complexity index is 659. The van der Waals surface area contributed by atoms with Crippen molar-refractivity contribution in [1.29, 1.82) is 0 Å². The second kappa shape index (κ2) is 197. The SMILES string of the molecule is C=O.C=O.C=O.C=O.C=O.C=O.C=O.C=O.CC.CC(=O)N1CCCCC1.CC(C)O.CCC(C)C.CCOC(C)(C)C.CCc1ccccc1.CN.CN.CN.CN.N.N.N.N. The standard InChI is InChI=1S/C8H10.C7H13NO.C6H14O.C5H12.C3H8O.C2H6.4CH5N.8CH2O.4H3N/c1-2-8-6-4-3-5-7-8;1-7(9)8-5-3-2-4-6-8;1-5-7-6(2,3)4;1-4-5(2)3;1-3(2)4;13*1-2;;;;/h3-7H,2H2,1H3;2-6H2,1H3;5H2,1-4H3;5H,4H2,1-3H3;3-4H,1-2H3;1-2H3;4*2H2,1H3;8*1H2;4*1H3. The molecule has 1 saturated heterocycles. The molecule has 0 saturated carbocycles. The molecule has 1 heterocycles. The number of nitrogens with zero attached hydrogens (tertiary/aromatic N) is 1. The Hall–Kier alpha value is -4.35. The van der Waals surface area contributed by atoms with E-state index in [4.69, 9.17) is 48.2 Å². The highest BCUT2D eigenvalue weighted by Crippen LogP contribution is 2.07. The van der Waals surface area contributed by atoms with Crippen molar-refractivity contribution < 1.29 is 53.0 Å². The highest BCUT2D eigenvalue weighted by atomic mass is 16.5. The lowest BCUT2D eigenvalue weighted by atomic mass is 10.1. The average Bonchev–Trinajstić information content (AvgIpc) is 3.33. The van der Waals surface area contributed by atoms with Crippen molar-refractivity contribution in [2.45, 2.75) is 134 Å². The summed E-state index contributed by atoms with van der Waals surface area (Å²) >= 11 is 0. The first-order chi connectivity index (χ1) is 28.3. The Morgan fingerprint density at radius 1 is 0.603 bits per heavy atom. The van der Waals surface area contributed by atoms with Gasteiger partial charge in [-0.2, -0.15) is 0 Å². The van der Waals surface area contributed by atoms with Crippen LogP contribution in [-0.2, 0) is 54.3 Å². The van der Waals surface area contributed by atoms with E-state index in [2.05, 4.69) is 95.7 Å². The number of hydrogen-bond acceptors (Lipinski definition) is 19. The molecule has 20 heteroatoms. The molecule has 21 N–H and O–H groups in total. The summed E-state index contributed by atoms with van der Waals surface area (Å²) in [5, 5.41) is 8.06. The van der Waals surface area contributed by atoms with Gasteiger partial charge >= 0.3 is 0 Å².